The van der Waals surface area contributed by atoms with Crippen molar-refractivity contribution in [3.8, 4) is 40.5 Å². The molecule has 0 bridgehead atoms. The van der Waals surface area contributed by atoms with Crippen LogP contribution in [0.4, 0.5) is 0 Å². The summed E-state index contributed by atoms with van der Waals surface area (Å²) in [6.07, 6.45) is 0.733. The highest BCUT2D eigenvalue weighted by Gasteiger charge is 2.40. The van der Waals surface area contributed by atoms with Gasteiger partial charge < -0.3 is 8.80 Å². The van der Waals surface area contributed by atoms with Gasteiger partial charge in [-0.25, -0.2) is 19.9 Å². The number of fused-ring (bicyclic) bond motifs is 27. The Balaban J connectivity index is 0.743. The molecule has 14 aromatic carbocycles. The monoisotopic (exact) mass is 1230 g/mol. The first-order valence-corrected chi connectivity index (χ1v) is 33.2. The summed E-state index contributed by atoms with van der Waals surface area (Å²) in [5.74, 6) is 1.24. The fourth-order valence-electron chi connectivity index (χ4n) is 18.1. The van der Waals surface area contributed by atoms with Gasteiger partial charge in [-0.2, -0.15) is 5.26 Å². The second kappa shape index (κ2) is 18.2. The number of nitrogens with zero attached hydrogens (tertiary/aromatic N) is 9. The highest BCUT2D eigenvalue weighted by molar-refractivity contribution is 6.39. The molecule has 0 N–H and O–H groups in total. The second-order valence-electron chi connectivity index (χ2n) is 26.9. The van der Waals surface area contributed by atoms with Crippen LogP contribution in [0.3, 0.4) is 0 Å². The number of para-hydroxylation sites is 4. The van der Waals surface area contributed by atoms with Gasteiger partial charge in [-0.3, -0.25) is 9.13 Å². The van der Waals surface area contributed by atoms with Gasteiger partial charge in [0.1, 0.15) is 0 Å². The van der Waals surface area contributed by atoms with Crippen LogP contribution in [0.2, 0.25) is 0 Å². The Bertz CT molecular complexity index is 7380. The largest absolute Gasteiger partial charge is 0.308 e. The summed E-state index contributed by atoms with van der Waals surface area (Å²) in [6, 6.07) is 99.4. The minimum Gasteiger partial charge on any atom is -0.308 e. The van der Waals surface area contributed by atoms with Crippen LogP contribution in [0.25, 0.3) is 198 Å². The normalized spacial score (nSPS) is 14.3. The maximum Gasteiger partial charge on any atom is 0.235 e. The van der Waals surface area contributed by atoms with E-state index in [2.05, 4.69) is 261 Å². The quantitative estimate of drug-likeness (QED) is 0.171. The zero-order chi connectivity index (χ0) is 63.3. The van der Waals surface area contributed by atoms with Crippen LogP contribution >= 0.6 is 0 Å². The smallest absolute Gasteiger partial charge is 0.235 e. The molecule has 0 radical (unpaired) electrons. The molecule has 1 aliphatic rings. The van der Waals surface area contributed by atoms with Crippen LogP contribution in [0, 0.1) is 11.3 Å². The van der Waals surface area contributed by atoms with Crippen LogP contribution < -0.4 is 0 Å². The number of hydrogen-bond acceptors (Lipinski definition) is 5. The van der Waals surface area contributed by atoms with E-state index in [0.29, 0.717) is 17.5 Å². The van der Waals surface area contributed by atoms with Crippen molar-refractivity contribution in [2.45, 2.75) is 18.8 Å². The predicted molar refractivity (Wildman–Crippen MR) is 398 cm³/mol. The van der Waals surface area contributed by atoms with Crippen molar-refractivity contribution in [1.29, 1.82) is 5.26 Å². The molecule has 8 aromatic heterocycles. The summed E-state index contributed by atoms with van der Waals surface area (Å²) in [7, 11) is 0. The summed E-state index contributed by atoms with van der Waals surface area (Å²) in [5, 5.41) is 31.0. The lowest BCUT2D eigenvalue weighted by Crippen LogP contribution is -2.30. The third-order valence-corrected chi connectivity index (χ3v) is 22.1. The third kappa shape index (κ3) is 6.47. The van der Waals surface area contributed by atoms with E-state index in [1.165, 1.54) is 114 Å². The second-order valence-corrected chi connectivity index (χ2v) is 26.9. The topological polar surface area (TPSA) is 94.0 Å². The molecule has 22 aromatic rings. The van der Waals surface area contributed by atoms with E-state index >= 15 is 0 Å². The Morgan fingerprint density at radius 2 is 0.825 bits per heavy atom. The zero-order valence-corrected chi connectivity index (χ0v) is 52.1. The molecular weight excluding hydrogens is 1180 g/mol. The highest BCUT2D eigenvalue weighted by atomic mass is 15.2. The molecular formula is C88H49N9. The summed E-state index contributed by atoms with van der Waals surface area (Å²) >= 11 is 0. The molecule has 0 saturated carbocycles. The molecule has 23 rings (SSSR count). The van der Waals surface area contributed by atoms with Gasteiger partial charge >= 0.3 is 0 Å². The molecule has 0 saturated heterocycles. The lowest BCUT2D eigenvalue weighted by atomic mass is 9.66. The first-order valence-electron chi connectivity index (χ1n) is 33.2. The standard InChI is InChI=1S/C88H49N9/c1-88(65-26-11-6-24-58(65)81-77-66(88)27-16-29-68(77)91-87(93-81)97-71-32-15-9-22-56(71)62-44-61-55-21-8-13-30-69(55)94-73-41-38-50-17-2-4-19-53(50)75(73)78(82(61)94)84(62)97)46-49-35-40-72-60(43-49)64-45-63-57-23-10-14-31-70(57)96(85(63)79-76-54-20-5-3-18-51(54)39-42-74(76)95(72)83(64)79)86-90-67-28-12-7-25-59(67)80(92-86)52-36-33-48(47-89)34-37-52/h2-45H,46H2,1H3. The Morgan fingerprint density at radius 3 is 1.47 bits per heavy atom. The van der Waals surface area contributed by atoms with E-state index in [1.807, 2.05) is 36.4 Å². The van der Waals surface area contributed by atoms with E-state index < -0.39 is 5.41 Å². The first kappa shape index (κ1) is 51.5. The molecule has 0 aliphatic heterocycles. The van der Waals surface area contributed by atoms with Gasteiger partial charge in [-0.1, -0.05) is 195 Å². The average molecular weight is 1230 g/mol. The number of hydrogen-bond donors (Lipinski definition) is 0. The molecule has 446 valence electrons. The molecule has 0 spiro atoms. The molecule has 9 nitrogen and oxygen atoms in total. The average Bonchev–Trinajstić information content (AvgIpc) is 1.58. The van der Waals surface area contributed by atoms with Crippen LogP contribution in [0.5, 0.6) is 0 Å². The Hall–Kier alpha value is -13.0. The van der Waals surface area contributed by atoms with Gasteiger partial charge in [0, 0.05) is 91.9 Å². The van der Waals surface area contributed by atoms with Gasteiger partial charge in [0.25, 0.3) is 0 Å². The maximum absolute atomic E-state index is 9.80. The molecule has 0 amide bonds. The van der Waals surface area contributed by atoms with E-state index in [1.54, 1.807) is 0 Å². The van der Waals surface area contributed by atoms with Gasteiger partial charge in [0.05, 0.1) is 89.2 Å². The maximum atomic E-state index is 9.80. The van der Waals surface area contributed by atoms with E-state index in [9.17, 15) is 5.26 Å². The van der Waals surface area contributed by atoms with Crippen molar-refractivity contribution in [3.63, 3.8) is 0 Å². The molecule has 1 unspecified atom stereocenters. The highest BCUT2D eigenvalue weighted by Crippen LogP contribution is 2.54. The predicted octanol–water partition coefficient (Wildman–Crippen LogP) is 21.4. The summed E-state index contributed by atoms with van der Waals surface area (Å²) < 4.78 is 9.71. The lowest BCUT2D eigenvalue weighted by Gasteiger charge is -2.37. The third-order valence-electron chi connectivity index (χ3n) is 22.1. The number of aromatic nitrogens is 8. The van der Waals surface area contributed by atoms with Gasteiger partial charge in [0.2, 0.25) is 11.9 Å². The molecule has 97 heavy (non-hydrogen) atoms. The number of benzene rings is 14. The van der Waals surface area contributed by atoms with Gasteiger partial charge in [-0.05, 0) is 124 Å². The SMILES string of the molecule is CC1(Cc2ccc3c(c2)c2cc4c5ccccc5n(-c5nc(-c6ccc(C#N)cc6)c6ccccc6n5)c4c4c5c6ccccc6ccc5n3c24)c2ccccc2-c2nc(-n3c4ccccc4c4cc5c6ccccc6n6c7ccc8ccccc8c7c(c43)c56)nc3cccc1c23. The molecule has 1 atom stereocenters. The van der Waals surface area contributed by atoms with Gasteiger partial charge in [-0.15, -0.1) is 0 Å². The van der Waals surface area contributed by atoms with Crippen LogP contribution in [-0.2, 0) is 11.8 Å². The summed E-state index contributed by atoms with van der Waals surface area (Å²) in [5.41, 5.74) is 20.8. The fourth-order valence-corrected chi connectivity index (χ4v) is 18.1. The summed E-state index contributed by atoms with van der Waals surface area (Å²) in [4.78, 5) is 22.6. The minimum absolute atomic E-state index is 0.479. The van der Waals surface area contributed by atoms with Crippen LogP contribution in [0.15, 0.2) is 267 Å². The zero-order valence-electron chi connectivity index (χ0n) is 52.1. The molecule has 1 aliphatic carbocycles. The van der Waals surface area contributed by atoms with Crippen molar-refractivity contribution in [3.05, 3.63) is 289 Å². The molecule has 9 heteroatoms. The van der Waals surface area contributed by atoms with Crippen molar-refractivity contribution in [1.82, 2.24) is 37.9 Å². The van der Waals surface area contributed by atoms with Crippen LogP contribution in [0.1, 0.15) is 29.2 Å². The van der Waals surface area contributed by atoms with E-state index in [-0.39, 0.29) is 0 Å². The van der Waals surface area contributed by atoms with Gasteiger partial charge in [0.15, 0.2) is 0 Å². The van der Waals surface area contributed by atoms with Crippen molar-refractivity contribution < 1.29 is 0 Å². The Morgan fingerprint density at radius 1 is 0.340 bits per heavy atom. The van der Waals surface area contributed by atoms with E-state index in [0.717, 1.165) is 94.6 Å². The van der Waals surface area contributed by atoms with Crippen molar-refractivity contribution in [2.75, 3.05) is 0 Å². The Kier molecular flexibility index (Phi) is 9.66. The van der Waals surface area contributed by atoms with E-state index in [4.69, 9.17) is 19.9 Å². The fraction of sp³-hybridized carbons (Fsp3) is 0.0341. The summed E-state index contributed by atoms with van der Waals surface area (Å²) in [6.45, 7) is 2.44. The van der Waals surface area contributed by atoms with Crippen LogP contribution in [-0.4, -0.2) is 37.9 Å². The minimum atomic E-state index is -0.479. The number of rotatable bonds is 5. The first-order chi connectivity index (χ1) is 48.0. The Labute approximate surface area is 551 Å². The number of nitriles is 1. The molecule has 0 fully saturated rings. The van der Waals surface area contributed by atoms with Crippen molar-refractivity contribution >= 4 is 163 Å². The lowest BCUT2D eigenvalue weighted by molar-refractivity contribution is 0.570. The van der Waals surface area contributed by atoms with Crippen molar-refractivity contribution in [2.24, 2.45) is 0 Å². The molecule has 8 heterocycles.